The molecule has 6 heteroatoms. The number of ether oxygens (including phenoxy) is 1. The van der Waals surface area contributed by atoms with Crippen LogP contribution in [-0.2, 0) is 11.3 Å². The number of nitrogens with one attached hydrogen (secondary N) is 1. The summed E-state index contributed by atoms with van der Waals surface area (Å²) in [6, 6.07) is 12.2. The Morgan fingerprint density at radius 2 is 1.96 bits per heavy atom. The van der Waals surface area contributed by atoms with E-state index in [1.165, 1.54) is 5.69 Å². The number of aryl methyl sites for hydroxylation is 1. The van der Waals surface area contributed by atoms with Gasteiger partial charge in [-0.2, -0.15) is 10.4 Å². The summed E-state index contributed by atoms with van der Waals surface area (Å²) in [5.74, 6) is 0.440. The first kappa shape index (κ1) is 19.4. The fourth-order valence-corrected chi connectivity index (χ4v) is 2.74. The largest absolute Gasteiger partial charge is 0.380 e. The molecular weight excluding hydrogens is 326 g/mol. The number of nitriles is 1. The second-order valence-corrected chi connectivity index (χ2v) is 5.83. The summed E-state index contributed by atoms with van der Waals surface area (Å²) in [5, 5.41) is 13.7. The van der Waals surface area contributed by atoms with Crippen molar-refractivity contribution in [2.24, 2.45) is 5.10 Å². The number of anilines is 2. The highest BCUT2D eigenvalue weighted by molar-refractivity contribution is 5.81. The van der Waals surface area contributed by atoms with Gasteiger partial charge in [-0.3, -0.25) is 5.43 Å². The molecule has 0 spiro atoms. The van der Waals surface area contributed by atoms with E-state index in [9.17, 15) is 5.26 Å². The van der Waals surface area contributed by atoms with E-state index in [1.54, 1.807) is 13.3 Å². The predicted octanol–water partition coefficient (Wildman–Crippen LogP) is 3.70. The second-order valence-electron chi connectivity index (χ2n) is 5.83. The zero-order chi connectivity index (χ0) is 18.9. The van der Waals surface area contributed by atoms with Crippen LogP contribution in [0.1, 0.15) is 36.2 Å². The summed E-state index contributed by atoms with van der Waals surface area (Å²) >= 11 is 0. The van der Waals surface area contributed by atoms with Crippen molar-refractivity contribution in [2.45, 2.75) is 27.4 Å². The Labute approximate surface area is 155 Å². The van der Waals surface area contributed by atoms with Gasteiger partial charge in [0.05, 0.1) is 12.8 Å². The van der Waals surface area contributed by atoms with Crippen LogP contribution >= 0.6 is 0 Å². The summed E-state index contributed by atoms with van der Waals surface area (Å²) in [4.78, 5) is 6.65. The van der Waals surface area contributed by atoms with Crippen LogP contribution in [-0.4, -0.2) is 31.4 Å². The molecule has 136 valence electrons. The van der Waals surface area contributed by atoms with Gasteiger partial charge in [-0.1, -0.05) is 12.1 Å². The molecule has 0 aliphatic carbocycles. The van der Waals surface area contributed by atoms with Gasteiger partial charge in [0.15, 0.2) is 5.82 Å². The molecule has 6 nitrogen and oxygen atoms in total. The Kier molecular flexibility index (Phi) is 7.12. The van der Waals surface area contributed by atoms with Gasteiger partial charge in [-0.05, 0) is 44.5 Å². The zero-order valence-corrected chi connectivity index (χ0v) is 15.8. The van der Waals surface area contributed by atoms with E-state index in [0.29, 0.717) is 18.0 Å². The fourth-order valence-electron chi connectivity index (χ4n) is 2.74. The van der Waals surface area contributed by atoms with Crippen LogP contribution in [0.3, 0.4) is 0 Å². The van der Waals surface area contributed by atoms with Gasteiger partial charge in [-0.15, -0.1) is 0 Å². The summed E-state index contributed by atoms with van der Waals surface area (Å²) in [6.45, 7) is 8.47. The number of methoxy groups -OCH3 is 1. The molecule has 0 fully saturated rings. The summed E-state index contributed by atoms with van der Waals surface area (Å²) < 4.78 is 5.15. The number of nitrogens with zero attached hydrogens (tertiary/aromatic N) is 4. The molecule has 0 amide bonds. The van der Waals surface area contributed by atoms with Crippen molar-refractivity contribution < 1.29 is 4.74 Å². The van der Waals surface area contributed by atoms with E-state index in [4.69, 9.17) is 4.74 Å². The molecule has 0 atom stereocenters. The number of hydrazone groups is 1. The Hall–Kier alpha value is -2.91. The van der Waals surface area contributed by atoms with E-state index < -0.39 is 0 Å². The molecule has 0 aliphatic rings. The van der Waals surface area contributed by atoms with Crippen LogP contribution in [0, 0.1) is 18.3 Å². The smallest absolute Gasteiger partial charge is 0.164 e. The third-order valence-corrected chi connectivity index (χ3v) is 4.05. The van der Waals surface area contributed by atoms with E-state index in [-0.39, 0.29) is 0 Å². The van der Waals surface area contributed by atoms with Crippen molar-refractivity contribution in [3.63, 3.8) is 0 Å². The van der Waals surface area contributed by atoms with Gasteiger partial charge >= 0.3 is 0 Å². The zero-order valence-electron chi connectivity index (χ0n) is 15.8. The molecule has 1 aromatic carbocycles. The van der Waals surface area contributed by atoms with E-state index >= 15 is 0 Å². The quantitative estimate of drug-likeness (QED) is 0.580. The molecular formula is C20H25N5O. The SMILES string of the molecule is CCN(CC)c1ccc(C=NNc2nc(C)cc(COC)c2C#N)cc1. The average Bonchev–Trinajstić information content (AvgIpc) is 2.64. The van der Waals surface area contributed by atoms with Crippen molar-refractivity contribution in [1.29, 1.82) is 5.26 Å². The molecule has 0 unspecified atom stereocenters. The van der Waals surface area contributed by atoms with Gasteiger partial charge in [-0.25, -0.2) is 4.98 Å². The van der Waals surface area contributed by atoms with Crippen molar-refractivity contribution in [2.75, 3.05) is 30.5 Å². The molecule has 0 aliphatic heterocycles. The lowest BCUT2D eigenvalue weighted by atomic mass is 10.1. The van der Waals surface area contributed by atoms with Crippen molar-refractivity contribution in [3.8, 4) is 6.07 Å². The Morgan fingerprint density at radius 1 is 1.27 bits per heavy atom. The minimum absolute atomic E-state index is 0.359. The van der Waals surface area contributed by atoms with Crippen molar-refractivity contribution >= 4 is 17.7 Å². The van der Waals surface area contributed by atoms with E-state index in [1.807, 2.05) is 25.1 Å². The fraction of sp³-hybridized carbons (Fsp3) is 0.350. The monoisotopic (exact) mass is 351 g/mol. The van der Waals surface area contributed by atoms with Gasteiger partial charge in [0.1, 0.15) is 11.6 Å². The summed E-state index contributed by atoms with van der Waals surface area (Å²) in [6.07, 6.45) is 1.72. The van der Waals surface area contributed by atoms with Gasteiger partial charge in [0.2, 0.25) is 0 Å². The number of rotatable bonds is 8. The molecule has 1 N–H and O–H groups in total. The molecule has 0 saturated heterocycles. The number of hydrogen-bond donors (Lipinski definition) is 1. The van der Waals surface area contributed by atoms with Crippen LogP contribution in [0.4, 0.5) is 11.5 Å². The Morgan fingerprint density at radius 3 is 2.54 bits per heavy atom. The lowest BCUT2D eigenvalue weighted by Gasteiger charge is -2.20. The third-order valence-electron chi connectivity index (χ3n) is 4.05. The highest BCUT2D eigenvalue weighted by atomic mass is 16.5. The average molecular weight is 351 g/mol. The molecule has 0 saturated carbocycles. The number of benzene rings is 1. The van der Waals surface area contributed by atoms with Crippen LogP contribution in [0.2, 0.25) is 0 Å². The lowest BCUT2D eigenvalue weighted by molar-refractivity contribution is 0.184. The first-order chi connectivity index (χ1) is 12.6. The first-order valence-electron chi connectivity index (χ1n) is 8.66. The normalized spacial score (nSPS) is 10.7. The molecule has 0 radical (unpaired) electrons. The van der Waals surface area contributed by atoms with Crippen LogP contribution < -0.4 is 10.3 Å². The van der Waals surface area contributed by atoms with Gasteiger partial charge < -0.3 is 9.64 Å². The maximum atomic E-state index is 9.42. The van der Waals surface area contributed by atoms with E-state index in [2.05, 4.69) is 52.5 Å². The maximum absolute atomic E-state index is 9.42. The van der Waals surface area contributed by atoms with Gasteiger partial charge in [0.25, 0.3) is 0 Å². The van der Waals surface area contributed by atoms with E-state index in [0.717, 1.165) is 29.9 Å². The molecule has 2 rings (SSSR count). The van der Waals surface area contributed by atoms with Gasteiger partial charge in [0, 0.05) is 37.1 Å². The molecule has 0 bridgehead atoms. The standard InChI is InChI=1S/C20H25N5O/c1-5-25(6-2)18-9-7-16(8-10-18)13-22-24-20-19(12-21)17(14-26-4)11-15(3)23-20/h7-11,13H,5-6,14H2,1-4H3,(H,23,24). The number of aromatic nitrogens is 1. The molecule has 1 heterocycles. The summed E-state index contributed by atoms with van der Waals surface area (Å²) in [5.41, 5.74) is 7.09. The topological polar surface area (TPSA) is 73.5 Å². The second kappa shape index (κ2) is 9.54. The highest BCUT2D eigenvalue weighted by Crippen LogP contribution is 2.19. The van der Waals surface area contributed by atoms with Crippen LogP contribution in [0.25, 0.3) is 0 Å². The third kappa shape index (κ3) is 4.80. The minimum Gasteiger partial charge on any atom is -0.380 e. The Balaban J connectivity index is 2.14. The molecule has 1 aromatic heterocycles. The number of hydrogen-bond acceptors (Lipinski definition) is 6. The predicted molar refractivity (Wildman–Crippen MR) is 106 cm³/mol. The molecule has 2 aromatic rings. The van der Waals surface area contributed by atoms with Crippen LogP contribution in [0.5, 0.6) is 0 Å². The van der Waals surface area contributed by atoms with Crippen molar-refractivity contribution in [3.05, 3.63) is 52.7 Å². The summed E-state index contributed by atoms with van der Waals surface area (Å²) in [7, 11) is 1.60. The molecule has 26 heavy (non-hydrogen) atoms. The number of pyridine rings is 1. The van der Waals surface area contributed by atoms with Crippen LogP contribution in [0.15, 0.2) is 35.4 Å². The maximum Gasteiger partial charge on any atom is 0.164 e. The lowest BCUT2D eigenvalue weighted by Crippen LogP contribution is -2.21. The van der Waals surface area contributed by atoms with Crippen molar-refractivity contribution in [1.82, 2.24) is 4.98 Å². The highest BCUT2D eigenvalue weighted by Gasteiger charge is 2.10. The minimum atomic E-state index is 0.359. The Bertz CT molecular complexity index is 789. The first-order valence-corrected chi connectivity index (χ1v) is 8.66.